The Bertz CT molecular complexity index is 694. The van der Waals surface area contributed by atoms with E-state index < -0.39 is 10.0 Å². The summed E-state index contributed by atoms with van der Waals surface area (Å²) in [4.78, 5) is 0.663. The van der Waals surface area contributed by atoms with E-state index in [0.29, 0.717) is 36.4 Å². The lowest BCUT2D eigenvalue weighted by Gasteiger charge is -2.08. The molecule has 0 spiro atoms. The minimum atomic E-state index is -3.63. The van der Waals surface area contributed by atoms with Crippen molar-refractivity contribution >= 4 is 31.4 Å². The number of sulfonamides is 1. The fraction of sp³-hybridized carbons (Fsp3) is 0.429. The molecular formula is C14H19NO4S2. The highest BCUT2D eigenvalue weighted by atomic mass is 32.2. The van der Waals surface area contributed by atoms with Gasteiger partial charge in [0, 0.05) is 29.8 Å². The molecule has 0 saturated carbocycles. The van der Waals surface area contributed by atoms with Crippen LogP contribution in [0.25, 0.3) is 10.1 Å². The van der Waals surface area contributed by atoms with Crippen LogP contribution in [0.2, 0.25) is 0 Å². The average Bonchev–Trinajstić information content (AvgIpc) is 2.86. The third-order valence-corrected chi connectivity index (χ3v) is 5.86. The molecule has 1 heterocycles. The number of nitrogens with one attached hydrogen (secondary N) is 1. The predicted octanol–water partition coefficient (Wildman–Crippen LogP) is 2.10. The Morgan fingerprint density at radius 2 is 2.10 bits per heavy atom. The summed E-state index contributed by atoms with van der Waals surface area (Å²) in [7, 11) is -3.63. The van der Waals surface area contributed by atoms with Crippen molar-refractivity contribution in [3.63, 3.8) is 0 Å². The third-order valence-electron chi connectivity index (χ3n) is 2.99. The van der Waals surface area contributed by atoms with Gasteiger partial charge in [-0.2, -0.15) is 0 Å². The van der Waals surface area contributed by atoms with Crippen molar-refractivity contribution in [2.45, 2.75) is 24.8 Å². The Balaban J connectivity index is 2.23. The summed E-state index contributed by atoms with van der Waals surface area (Å²) >= 11 is 1.30. The molecule has 0 aliphatic rings. The number of hydrogen-bond acceptors (Lipinski definition) is 5. The molecule has 5 nitrogen and oxygen atoms in total. The first-order valence-electron chi connectivity index (χ1n) is 6.78. The number of benzene rings is 1. The average molecular weight is 329 g/mol. The van der Waals surface area contributed by atoms with Crippen molar-refractivity contribution in [3.05, 3.63) is 29.1 Å². The molecule has 0 amide bonds. The molecular weight excluding hydrogens is 310 g/mol. The molecule has 7 heteroatoms. The summed E-state index contributed by atoms with van der Waals surface area (Å²) in [5.41, 5.74) is 0. The molecule has 0 aliphatic heterocycles. The summed E-state index contributed by atoms with van der Waals surface area (Å²) in [5, 5.41) is 10.1. The van der Waals surface area contributed by atoms with Crippen molar-refractivity contribution in [2.24, 2.45) is 0 Å². The van der Waals surface area contributed by atoms with Crippen LogP contribution in [0.3, 0.4) is 0 Å². The van der Waals surface area contributed by atoms with Gasteiger partial charge < -0.3 is 9.84 Å². The molecule has 1 aromatic carbocycles. The fourth-order valence-electron chi connectivity index (χ4n) is 2.07. The number of aliphatic hydroxyl groups is 1. The van der Waals surface area contributed by atoms with Gasteiger partial charge in [0.05, 0.1) is 11.5 Å². The molecule has 116 valence electrons. The van der Waals surface area contributed by atoms with E-state index in [1.54, 1.807) is 12.1 Å². The zero-order chi connectivity index (χ0) is 15.3. The van der Waals surface area contributed by atoms with Gasteiger partial charge in [-0.1, -0.05) is 18.2 Å². The van der Waals surface area contributed by atoms with Crippen LogP contribution in [-0.4, -0.2) is 33.3 Å². The van der Waals surface area contributed by atoms with Crippen molar-refractivity contribution in [1.29, 1.82) is 0 Å². The highest BCUT2D eigenvalue weighted by Gasteiger charge is 2.23. The Hall–Kier alpha value is -0.990. The van der Waals surface area contributed by atoms with E-state index in [2.05, 4.69) is 4.72 Å². The highest BCUT2D eigenvalue weighted by Crippen LogP contribution is 2.34. The van der Waals surface area contributed by atoms with Crippen LogP contribution in [0.5, 0.6) is 0 Å². The Morgan fingerprint density at radius 1 is 1.33 bits per heavy atom. The van der Waals surface area contributed by atoms with E-state index in [-0.39, 0.29) is 11.5 Å². The van der Waals surface area contributed by atoms with Crippen molar-refractivity contribution in [3.8, 4) is 0 Å². The summed E-state index contributed by atoms with van der Waals surface area (Å²) < 4.78 is 33.5. The van der Waals surface area contributed by atoms with Gasteiger partial charge in [-0.25, -0.2) is 13.1 Å². The van der Waals surface area contributed by atoms with Gasteiger partial charge in [0.1, 0.15) is 4.90 Å². The summed E-state index contributed by atoms with van der Waals surface area (Å²) in [6.07, 6.45) is 0.615. The molecule has 1 aromatic heterocycles. The van der Waals surface area contributed by atoms with E-state index in [4.69, 9.17) is 4.74 Å². The maximum atomic E-state index is 12.5. The SMILES string of the molecule is CCOCCCNS(=O)(=O)c1c(CO)sc2ccccc12. The van der Waals surface area contributed by atoms with Crippen molar-refractivity contribution < 1.29 is 18.3 Å². The Kier molecular flexibility index (Phi) is 5.72. The van der Waals surface area contributed by atoms with Crippen LogP contribution < -0.4 is 4.72 Å². The molecule has 2 aromatic rings. The lowest BCUT2D eigenvalue weighted by Crippen LogP contribution is -2.26. The molecule has 0 atom stereocenters. The van der Waals surface area contributed by atoms with E-state index >= 15 is 0 Å². The van der Waals surface area contributed by atoms with Gasteiger partial charge in [-0.05, 0) is 19.4 Å². The van der Waals surface area contributed by atoms with E-state index in [9.17, 15) is 13.5 Å². The predicted molar refractivity (Wildman–Crippen MR) is 84.0 cm³/mol. The first-order chi connectivity index (χ1) is 10.1. The summed E-state index contributed by atoms with van der Waals surface area (Å²) in [6.45, 7) is 3.08. The molecule has 0 radical (unpaired) electrons. The number of ether oxygens (including phenoxy) is 1. The second-order valence-electron chi connectivity index (χ2n) is 4.46. The first-order valence-corrected chi connectivity index (χ1v) is 9.08. The lowest BCUT2D eigenvalue weighted by atomic mass is 10.2. The molecule has 2 rings (SSSR count). The molecule has 0 saturated heterocycles. The Morgan fingerprint density at radius 3 is 2.81 bits per heavy atom. The van der Waals surface area contributed by atoms with Gasteiger partial charge in [0.2, 0.25) is 10.0 Å². The van der Waals surface area contributed by atoms with Gasteiger partial charge in [-0.3, -0.25) is 0 Å². The summed E-state index contributed by atoms with van der Waals surface area (Å²) in [5.74, 6) is 0. The monoisotopic (exact) mass is 329 g/mol. The molecule has 0 fully saturated rings. The normalized spacial score (nSPS) is 12.1. The zero-order valence-corrected chi connectivity index (χ0v) is 13.5. The molecule has 0 aliphatic carbocycles. The van der Waals surface area contributed by atoms with Crippen LogP contribution in [0.15, 0.2) is 29.2 Å². The van der Waals surface area contributed by atoms with Crippen LogP contribution in [0.4, 0.5) is 0 Å². The highest BCUT2D eigenvalue weighted by molar-refractivity contribution is 7.90. The topological polar surface area (TPSA) is 75.6 Å². The molecule has 2 N–H and O–H groups in total. The van der Waals surface area contributed by atoms with Gasteiger partial charge in [-0.15, -0.1) is 11.3 Å². The van der Waals surface area contributed by atoms with Crippen molar-refractivity contribution in [2.75, 3.05) is 19.8 Å². The number of thiophene rings is 1. The molecule has 0 bridgehead atoms. The first kappa shape index (κ1) is 16.4. The van der Waals surface area contributed by atoms with Crippen LogP contribution in [0.1, 0.15) is 18.2 Å². The minimum absolute atomic E-state index is 0.196. The fourth-order valence-corrected chi connectivity index (χ4v) is 4.94. The smallest absolute Gasteiger partial charge is 0.242 e. The van der Waals surface area contributed by atoms with Gasteiger partial charge in [0.15, 0.2) is 0 Å². The van der Waals surface area contributed by atoms with Crippen molar-refractivity contribution in [1.82, 2.24) is 4.72 Å². The lowest BCUT2D eigenvalue weighted by molar-refractivity contribution is 0.146. The number of rotatable bonds is 8. The van der Waals surface area contributed by atoms with E-state index in [0.717, 1.165) is 4.70 Å². The van der Waals surface area contributed by atoms with Gasteiger partial charge >= 0.3 is 0 Å². The van der Waals surface area contributed by atoms with Crippen LogP contribution in [-0.2, 0) is 21.4 Å². The molecule has 21 heavy (non-hydrogen) atoms. The largest absolute Gasteiger partial charge is 0.391 e. The van der Waals surface area contributed by atoms with E-state index in [1.165, 1.54) is 11.3 Å². The number of aliphatic hydroxyl groups excluding tert-OH is 1. The van der Waals surface area contributed by atoms with Crippen LogP contribution in [0, 0.1) is 0 Å². The second-order valence-corrected chi connectivity index (χ2v) is 7.30. The quantitative estimate of drug-likeness (QED) is 0.727. The standard InChI is InChI=1S/C14H19NO4S2/c1-2-19-9-5-8-15-21(17,18)14-11-6-3-4-7-12(11)20-13(14)10-16/h3-4,6-7,15-16H,2,5,8-10H2,1H3. The Labute approximate surface area is 128 Å². The van der Waals surface area contributed by atoms with Crippen LogP contribution >= 0.6 is 11.3 Å². The third kappa shape index (κ3) is 3.81. The number of fused-ring (bicyclic) bond motifs is 1. The second kappa shape index (κ2) is 7.33. The minimum Gasteiger partial charge on any atom is -0.391 e. The zero-order valence-electron chi connectivity index (χ0n) is 11.8. The van der Waals surface area contributed by atoms with E-state index in [1.807, 2.05) is 19.1 Å². The van der Waals surface area contributed by atoms with Gasteiger partial charge in [0.25, 0.3) is 0 Å². The molecule has 0 unspecified atom stereocenters. The maximum absolute atomic E-state index is 12.5. The number of hydrogen-bond donors (Lipinski definition) is 2. The maximum Gasteiger partial charge on any atom is 0.242 e. The summed E-state index contributed by atoms with van der Waals surface area (Å²) in [6, 6.07) is 7.27.